The largest absolute Gasteiger partial charge is 0.497 e. The fourth-order valence-electron chi connectivity index (χ4n) is 2.74. The first-order valence-electron chi connectivity index (χ1n) is 9.03. The number of likely N-dealkylation sites (N-methyl/N-ethyl adjacent to an activating group) is 1. The van der Waals surface area contributed by atoms with Gasteiger partial charge in [0, 0.05) is 25.2 Å². The molecule has 0 saturated carbocycles. The molecule has 0 saturated heterocycles. The Morgan fingerprint density at radius 2 is 1.71 bits per heavy atom. The minimum Gasteiger partial charge on any atom is -0.497 e. The van der Waals surface area contributed by atoms with Crippen molar-refractivity contribution in [2.45, 2.75) is 6.04 Å². The highest BCUT2D eigenvalue weighted by atomic mass is 16.5. The minimum atomic E-state index is -0.171. The summed E-state index contributed by atoms with van der Waals surface area (Å²) in [4.78, 5) is 25.8. The Labute approximate surface area is 166 Å². The summed E-state index contributed by atoms with van der Waals surface area (Å²) in [7, 11) is 7.18. The normalized spacial score (nSPS) is 12.0. The number of nitrogens with one attached hydrogen (secondary N) is 2. The van der Waals surface area contributed by atoms with E-state index in [4.69, 9.17) is 4.74 Å². The fraction of sp³-hybridized carbons (Fsp3) is 0.273. The fourth-order valence-corrected chi connectivity index (χ4v) is 2.74. The highest BCUT2D eigenvalue weighted by Gasteiger charge is 2.14. The number of rotatable bonds is 8. The predicted octanol–water partition coefficient (Wildman–Crippen LogP) is 2.49. The van der Waals surface area contributed by atoms with E-state index in [1.807, 2.05) is 38.4 Å². The van der Waals surface area contributed by atoms with Crippen molar-refractivity contribution in [3.63, 3.8) is 0 Å². The van der Waals surface area contributed by atoms with E-state index in [9.17, 15) is 9.59 Å². The first kappa shape index (κ1) is 21.2. The standard InChI is InChI=1S/C22H27N3O3/c1-23-22(27)18-8-5-16(6-9-18)7-14-21(26)24-15-20(25(2)3)17-10-12-19(28-4)13-11-17/h5-14,20H,15H2,1-4H3,(H,23,27)(H,24,26)/b14-7+. The second kappa shape index (κ2) is 10.3. The van der Waals surface area contributed by atoms with E-state index in [-0.39, 0.29) is 17.9 Å². The number of methoxy groups -OCH3 is 1. The smallest absolute Gasteiger partial charge is 0.251 e. The molecule has 28 heavy (non-hydrogen) atoms. The Balaban J connectivity index is 1.95. The van der Waals surface area contributed by atoms with Crippen LogP contribution in [-0.4, -0.2) is 51.5 Å². The van der Waals surface area contributed by atoms with Crippen LogP contribution in [0.2, 0.25) is 0 Å². The van der Waals surface area contributed by atoms with Gasteiger partial charge < -0.3 is 20.3 Å². The van der Waals surface area contributed by atoms with Gasteiger partial charge in [0.05, 0.1) is 13.2 Å². The summed E-state index contributed by atoms with van der Waals surface area (Å²) >= 11 is 0. The minimum absolute atomic E-state index is 0.0510. The molecule has 1 atom stereocenters. The molecule has 0 spiro atoms. The second-order valence-electron chi connectivity index (χ2n) is 6.53. The van der Waals surface area contributed by atoms with Crippen LogP contribution in [0, 0.1) is 0 Å². The van der Waals surface area contributed by atoms with Gasteiger partial charge in [0.2, 0.25) is 5.91 Å². The van der Waals surface area contributed by atoms with Crippen molar-refractivity contribution in [2.24, 2.45) is 0 Å². The van der Waals surface area contributed by atoms with Gasteiger partial charge in [-0.25, -0.2) is 0 Å². The number of hydrogen-bond donors (Lipinski definition) is 2. The van der Waals surface area contributed by atoms with Gasteiger partial charge in [-0.05, 0) is 55.6 Å². The number of benzene rings is 2. The van der Waals surface area contributed by atoms with Gasteiger partial charge in [0.15, 0.2) is 0 Å². The molecule has 2 amide bonds. The molecule has 0 fully saturated rings. The summed E-state index contributed by atoms with van der Waals surface area (Å²) in [6.07, 6.45) is 3.22. The van der Waals surface area contributed by atoms with Crippen LogP contribution in [0.15, 0.2) is 54.6 Å². The average Bonchev–Trinajstić information content (AvgIpc) is 2.72. The van der Waals surface area contributed by atoms with Crippen molar-refractivity contribution in [2.75, 3.05) is 34.8 Å². The monoisotopic (exact) mass is 381 g/mol. The maximum absolute atomic E-state index is 12.2. The molecular weight excluding hydrogens is 354 g/mol. The molecule has 2 aromatic rings. The van der Waals surface area contributed by atoms with E-state index >= 15 is 0 Å². The van der Waals surface area contributed by atoms with E-state index in [0.717, 1.165) is 16.9 Å². The Morgan fingerprint density at radius 1 is 1.07 bits per heavy atom. The first-order valence-corrected chi connectivity index (χ1v) is 9.03. The second-order valence-corrected chi connectivity index (χ2v) is 6.53. The van der Waals surface area contributed by atoms with Crippen LogP contribution < -0.4 is 15.4 Å². The van der Waals surface area contributed by atoms with Crippen LogP contribution in [0.3, 0.4) is 0 Å². The lowest BCUT2D eigenvalue weighted by Gasteiger charge is -2.25. The third-order valence-electron chi connectivity index (χ3n) is 4.42. The van der Waals surface area contributed by atoms with Crippen molar-refractivity contribution in [3.8, 4) is 5.75 Å². The van der Waals surface area contributed by atoms with E-state index in [1.54, 1.807) is 44.5 Å². The number of amides is 2. The Hall–Kier alpha value is -3.12. The molecule has 0 aliphatic carbocycles. The lowest BCUT2D eigenvalue weighted by molar-refractivity contribution is -0.116. The molecule has 0 aliphatic heterocycles. The van der Waals surface area contributed by atoms with Gasteiger partial charge >= 0.3 is 0 Å². The highest BCUT2D eigenvalue weighted by molar-refractivity contribution is 5.94. The summed E-state index contributed by atoms with van der Waals surface area (Å²) in [5, 5.41) is 5.51. The maximum Gasteiger partial charge on any atom is 0.251 e. The Kier molecular flexibility index (Phi) is 7.77. The SMILES string of the molecule is CNC(=O)c1ccc(/C=C/C(=O)NCC(c2ccc(OC)cc2)N(C)C)cc1. The molecule has 2 N–H and O–H groups in total. The maximum atomic E-state index is 12.2. The average molecular weight is 381 g/mol. The van der Waals surface area contributed by atoms with Gasteiger partial charge in [-0.15, -0.1) is 0 Å². The van der Waals surface area contributed by atoms with Crippen LogP contribution in [0.25, 0.3) is 6.08 Å². The van der Waals surface area contributed by atoms with Crippen molar-refractivity contribution < 1.29 is 14.3 Å². The van der Waals surface area contributed by atoms with Crippen molar-refractivity contribution in [1.82, 2.24) is 15.5 Å². The molecule has 0 heterocycles. The summed E-state index contributed by atoms with van der Waals surface area (Å²) < 4.78 is 5.19. The van der Waals surface area contributed by atoms with Crippen molar-refractivity contribution in [3.05, 3.63) is 71.3 Å². The van der Waals surface area contributed by atoms with Crippen molar-refractivity contribution >= 4 is 17.9 Å². The first-order chi connectivity index (χ1) is 13.4. The number of hydrogen-bond acceptors (Lipinski definition) is 4. The molecule has 1 unspecified atom stereocenters. The summed E-state index contributed by atoms with van der Waals surface area (Å²) in [6, 6.07) is 14.9. The van der Waals surface area contributed by atoms with Gasteiger partial charge in [-0.1, -0.05) is 24.3 Å². The molecule has 6 nitrogen and oxygen atoms in total. The van der Waals surface area contributed by atoms with Crippen LogP contribution in [0.4, 0.5) is 0 Å². The number of nitrogens with zero attached hydrogens (tertiary/aromatic N) is 1. The molecule has 0 aliphatic rings. The third-order valence-corrected chi connectivity index (χ3v) is 4.42. The molecule has 148 valence electrons. The van der Waals surface area contributed by atoms with Gasteiger partial charge in [0.25, 0.3) is 5.91 Å². The topological polar surface area (TPSA) is 70.7 Å². The molecule has 0 bridgehead atoms. The van der Waals surface area contributed by atoms with E-state index in [0.29, 0.717) is 12.1 Å². The number of carbonyl (C=O) groups is 2. The molecule has 0 radical (unpaired) electrons. The number of ether oxygens (including phenoxy) is 1. The molecule has 6 heteroatoms. The van der Waals surface area contributed by atoms with Crippen molar-refractivity contribution in [1.29, 1.82) is 0 Å². The summed E-state index contributed by atoms with van der Waals surface area (Å²) in [6.45, 7) is 0.484. The summed E-state index contributed by atoms with van der Waals surface area (Å²) in [5.74, 6) is 0.493. The number of carbonyl (C=O) groups excluding carboxylic acids is 2. The molecule has 2 aromatic carbocycles. The van der Waals surface area contributed by atoms with Crippen LogP contribution in [-0.2, 0) is 4.79 Å². The van der Waals surface area contributed by atoms with Gasteiger partial charge in [0.1, 0.15) is 5.75 Å². The van der Waals surface area contributed by atoms with Crippen LogP contribution >= 0.6 is 0 Å². The molecular formula is C22H27N3O3. The molecule has 2 rings (SSSR count). The lowest BCUT2D eigenvalue weighted by atomic mass is 10.1. The van der Waals surface area contributed by atoms with E-state index in [1.165, 1.54) is 6.08 Å². The van der Waals surface area contributed by atoms with Gasteiger partial charge in [-0.2, -0.15) is 0 Å². The van der Waals surface area contributed by atoms with Crippen LogP contribution in [0.5, 0.6) is 5.75 Å². The zero-order chi connectivity index (χ0) is 20.5. The molecule has 0 aromatic heterocycles. The zero-order valence-corrected chi connectivity index (χ0v) is 16.7. The third kappa shape index (κ3) is 5.96. The van der Waals surface area contributed by atoms with E-state index in [2.05, 4.69) is 15.5 Å². The van der Waals surface area contributed by atoms with Crippen LogP contribution in [0.1, 0.15) is 27.5 Å². The zero-order valence-electron chi connectivity index (χ0n) is 16.7. The summed E-state index contributed by atoms with van der Waals surface area (Å²) in [5.41, 5.74) is 2.53. The predicted molar refractivity (Wildman–Crippen MR) is 111 cm³/mol. The van der Waals surface area contributed by atoms with Gasteiger partial charge in [-0.3, -0.25) is 9.59 Å². The Morgan fingerprint density at radius 3 is 2.25 bits per heavy atom. The lowest BCUT2D eigenvalue weighted by Crippen LogP contribution is -2.33. The highest BCUT2D eigenvalue weighted by Crippen LogP contribution is 2.20. The quantitative estimate of drug-likeness (QED) is 0.689. The Bertz CT molecular complexity index is 812. The van der Waals surface area contributed by atoms with E-state index < -0.39 is 0 Å².